The predicted molar refractivity (Wildman–Crippen MR) is 76.9 cm³/mol. The number of nitrogens with two attached hydrogens (primary N) is 1. The SMILES string of the molecule is CC(C)CNC(=O)CN(C)C(=O)c1ccnc(CN)c1. The molecule has 110 valence electrons. The molecule has 0 saturated carbocycles. The number of hydrogen-bond acceptors (Lipinski definition) is 4. The molecule has 0 unspecified atom stereocenters. The van der Waals surface area contributed by atoms with Gasteiger partial charge in [0.05, 0.1) is 12.2 Å². The number of pyridine rings is 1. The first-order valence-electron chi connectivity index (χ1n) is 6.61. The highest BCUT2D eigenvalue weighted by Gasteiger charge is 2.15. The molecule has 0 aromatic carbocycles. The summed E-state index contributed by atoms with van der Waals surface area (Å²) in [6.07, 6.45) is 1.54. The van der Waals surface area contributed by atoms with Crippen molar-refractivity contribution in [3.05, 3.63) is 29.6 Å². The van der Waals surface area contributed by atoms with Gasteiger partial charge in [0.2, 0.25) is 5.91 Å². The predicted octanol–water partition coefficient (Wildman–Crippen LogP) is 0.385. The molecule has 0 radical (unpaired) electrons. The van der Waals surface area contributed by atoms with Crippen LogP contribution in [0.15, 0.2) is 18.3 Å². The monoisotopic (exact) mass is 278 g/mol. The van der Waals surface area contributed by atoms with E-state index in [0.717, 1.165) is 0 Å². The van der Waals surface area contributed by atoms with Gasteiger partial charge < -0.3 is 16.0 Å². The fourth-order valence-electron chi connectivity index (χ4n) is 1.60. The van der Waals surface area contributed by atoms with Gasteiger partial charge in [0.15, 0.2) is 0 Å². The molecule has 0 aliphatic carbocycles. The number of aromatic nitrogens is 1. The first-order valence-corrected chi connectivity index (χ1v) is 6.61. The Balaban J connectivity index is 2.60. The van der Waals surface area contributed by atoms with Gasteiger partial charge in [-0.05, 0) is 18.1 Å². The Hall–Kier alpha value is -1.95. The maximum Gasteiger partial charge on any atom is 0.254 e. The van der Waals surface area contributed by atoms with Crippen molar-refractivity contribution in [2.24, 2.45) is 11.7 Å². The van der Waals surface area contributed by atoms with Crippen LogP contribution < -0.4 is 11.1 Å². The van der Waals surface area contributed by atoms with Crippen LogP contribution in [0.2, 0.25) is 0 Å². The smallest absolute Gasteiger partial charge is 0.254 e. The van der Waals surface area contributed by atoms with Gasteiger partial charge in [-0.15, -0.1) is 0 Å². The van der Waals surface area contributed by atoms with E-state index in [4.69, 9.17) is 5.73 Å². The normalized spacial score (nSPS) is 10.4. The molecule has 1 heterocycles. The molecule has 0 aliphatic heterocycles. The second-order valence-electron chi connectivity index (χ2n) is 5.10. The van der Waals surface area contributed by atoms with E-state index < -0.39 is 0 Å². The van der Waals surface area contributed by atoms with Crippen molar-refractivity contribution in [1.29, 1.82) is 0 Å². The van der Waals surface area contributed by atoms with Crippen molar-refractivity contribution in [1.82, 2.24) is 15.2 Å². The van der Waals surface area contributed by atoms with E-state index in [1.165, 1.54) is 4.90 Å². The van der Waals surface area contributed by atoms with E-state index in [1.807, 2.05) is 13.8 Å². The Labute approximate surface area is 119 Å². The van der Waals surface area contributed by atoms with Gasteiger partial charge in [0.1, 0.15) is 0 Å². The van der Waals surface area contributed by atoms with Crippen LogP contribution in [0.1, 0.15) is 29.9 Å². The maximum absolute atomic E-state index is 12.2. The Morgan fingerprint density at radius 1 is 1.45 bits per heavy atom. The molecular weight excluding hydrogens is 256 g/mol. The van der Waals surface area contributed by atoms with E-state index in [1.54, 1.807) is 25.4 Å². The molecule has 0 fully saturated rings. The average Bonchev–Trinajstić information content (AvgIpc) is 2.44. The van der Waals surface area contributed by atoms with Crippen LogP contribution in [0, 0.1) is 5.92 Å². The van der Waals surface area contributed by atoms with E-state index in [9.17, 15) is 9.59 Å². The minimum Gasteiger partial charge on any atom is -0.354 e. The molecule has 2 amide bonds. The zero-order chi connectivity index (χ0) is 15.1. The third-order valence-corrected chi connectivity index (χ3v) is 2.71. The van der Waals surface area contributed by atoms with Gasteiger partial charge >= 0.3 is 0 Å². The first-order chi connectivity index (χ1) is 9.43. The molecule has 0 saturated heterocycles. The first kappa shape index (κ1) is 16.1. The lowest BCUT2D eigenvalue weighted by Gasteiger charge is -2.17. The van der Waals surface area contributed by atoms with Gasteiger partial charge in [-0.1, -0.05) is 13.8 Å². The second kappa shape index (κ2) is 7.59. The van der Waals surface area contributed by atoms with E-state index >= 15 is 0 Å². The average molecular weight is 278 g/mol. The molecule has 0 aliphatic rings. The van der Waals surface area contributed by atoms with E-state index in [0.29, 0.717) is 23.7 Å². The standard InChI is InChI=1S/C14H22N4O2/c1-10(2)8-17-13(19)9-18(3)14(20)11-4-5-16-12(6-11)7-15/h4-6,10H,7-9,15H2,1-3H3,(H,17,19). The van der Waals surface area contributed by atoms with Gasteiger partial charge in [-0.25, -0.2) is 0 Å². The van der Waals surface area contributed by atoms with Crippen LogP contribution in [0.4, 0.5) is 0 Å². The summed E-state index contributed by atoms with van der Waals surface area (Å²) in [6.45, 7) is 4.94. The Kier molecular flexibility index (Phi) is 6.11. The highest BCUT2D eigenvalue weighted by molar-refractivity contribution is 5.96. The molecule has 1 aromatic rings. The van der Waals surface area contributed by atoms with Gasteiger partial charge in [-0.2, -0.15) is 0 Å². The van der Waals surface area contributed by atoms with Crippen LogP contribution in [0.5, 0.6) is 0 Å². The molecule has 0 spiro atoms. The summed E-state index contributed by atoms with van der Waals surface area (Å²) in [5, 5.41) is 2.78. The van der Waals surface area contributed by atoms with Crippen LogP contribution in [0.25, 0.3) is 0 Å². The molecule has 0 atom stereocenters. The fraction of sp³-hybridized carbons (Fsp3) is 0.500. The third kappa shape index (κ3) is 4.97. The number of carbonyl (C=O) groups excluding carboxylic acids is 2. The number of carbonyl (C=O) groups is 2. The summed E-state index contributed by atoms with van der Waals surface area (Å²) in [7, 11) is 1.60. The minimum absolute atomic E-state index is 0.0336. The van der Waals surface area contributed by atoms with E-state index in [2.05, 4.69) is 10.3 Å². The fourth-order valence-corrected chi connectivity index (χ4v) is 1.60. The van der Waals surface area contributed by atoms with Gasteiger partial charge in [0.25, 0.3) is 5.91 Å². The van der Waals surface area contributed by atoms with E-state index in [-0.39, 0.29) is 24.9 Å². The minimum atomic E-state index is -0.221. The molecule has 6 nitrogen and oxygen atoms in total. The Morgan fingerprint density at radius 2 is 2.15 bits per heavy atom. The maximum atomic E-state index is 12.2. The lowest BCUT2D eigenvalue weighted by Crippen LogP contribution is -2.39. The largest absolute Gasteiger partial charge is 0.354 e. The van der Waals surface area contributed by atoms with Crippen LogP contribution in [-0.4, -0.2) is 41.8 Å². The summed E-state index contributed by atoms with van der Waals surface area (Å²) in [5.74, 6) is -0.00304. The summed E-state index contributed by atoms with van der Waals surface area (Å²) in [4.78, 5) is 29.3. The molecule has 1 rings (SSSR count). The van der Waals surface area contributed by atoms with Crippen molar-refractivity contribution < 1.29 is 9.59 Å². The second-order valence-corrected chi connectivity index (χ2v) is 5.10. The zero-order valence-electron chi connectivity index (χ0n) is 12.2. The summed E-state index contributed by atoms with van der Waals surface area (Å²) in [5.41, 5.74) is 6.62. The topological polar surface area (TPSA) is 88.3 Å². The Bertz CT molecular complexity index is 474. The third-order valence-electron chi connectivity index (χ3n) is 2.71. The number of amides is 2. The number of nitrogens with zero attached hydrogens (tertiary/aromatic N) is 2. The molecule has 3 N–H and O–H groups in total. The van der Waals surface area contributed by atoms with Crippen molar-refractivity contribution in [3.63, 3.8) is 0 Å². The molecule has 6 heteroatoms. The molecule has 20 heavy (non-hydrogen) atoms. The summed E-state index contributed by atoms with van der Waals surface area (Å²) >= 11 is 0. The van der Waals surface area contributed by atoms with Crippen molar-refractivity contribution in [2.45, 2.75) is 20.4 Å². The van der Waals surface area contributed by atoms with Gasteiger partial charge in [-0.3, -0.25) is 14.6 Å². The van der Waals surface area contributed by atoms with Crippen LogP contribution in [-0.2, 0) is 11.3 Å². The number of rotatable bonds is 6. The molecular formula is C14H22N4O2. The highest BCUT2D eigenvalue weighted by Crippen LogP contribution is 2.05. The zero-order valence-corrected chi connectivity index (χ0v) is 12.2. The number of nitrogens with one attached hydrogen (secondary N) is 1. The molecule has 1 aromatic heterocycles. The molecule has 0 bridgehead atoms. The number of likely N-dealkylation sites (N-methyl/N-ethyl adjacent to an activating group) is 1. The quantitative estimate of drug-likeness (QED) is 0.787. The summed E-state index contributed by atoms with van der Waals surface area (Å²) in [6, 6.07) is 3.26. The van der Waals surface area contributed by atoms with Gasteiger partial charge in [0, 0.05) is 31.9 Å². The van der Waals surface area contributed by atoms with Crippen LogP contribution in [0.3, 0.4) is 0 Å². The highest BCUT2D eigenvalue weighted by atomic mass is 16.2. The Morgan fingerprint density at radius 3 is 2.75 bits per heavy atom. The lowest BCUT2D eigenvalue weighted by atomic mass is 10.2. The van der Waals surface area contributed by atoms with Crippen molar-refractivity contribution >= 4 is 11.8 Å². The number of hydrogen-bond donors (Lipinski definition) is 2. The van der Waals surface area contributed by atoms with Crippen LogP contribution >= 0.6 is 0 Å². The lowest BCUT2D eigenvalue weighted by molar-refractivity contribution is -0.121. The van der Waals surface area contributed by atoms with Crippen molar-refractivity contribution in [3.8, 4) is 0 Å². The van der Waals surface area contributed by atoms with Crippen molar-refractivity contribution in [2.75, 3.05) is 20.1 Å². The summed E-state index contributed by atoms with van der Waals surface area (Å²) < 4.78 is 0.